The number of carbonyl (C=O) groups excluding carboxylic acids is 2. The number of ether oxygens (including phenoxy) is 3. The summed E-state index contributed by atoms with van der Waals surface area (Å²) in [5.74, 6) is -0.0955. The Labute approximate surface area is 173 Å². The van der Waals surface area contributed by atoms with E-state index in [1.807, 2.05) is 0 Å². The van der Waals surface area contributed by atoms with Gasteiger partial charge in [0.2, 0.25) is 0 Å². The van der Waals surface area contributed by atoms with Gasteiger partial charge in [0.25, 0.3) is 5.91 Å². The number of nitriles is 1. The van der Waals surface area contributed by atoms with E-state index in [4.69, 9.17) is 36.8 Å². The quantitative estimate of drug-likeness (QED) is 0.221. The third-order valence-electron chi connectivity index (χ3n) is 3.72. The van der Waals surface area contributed by atoms with Crippen LogP contribution in [0.3, 0.4) is 0 Å². The summed E-state index contributed by atoms with van der Waals surface area (Å²) < 4.78 is 16.1. The summed E-state index contributed by atoms with van der Waals surface area (Å²) in [7, 11) is 1.42. The second-order valence-electron chi connectivity index (χ2n) is 5.82. The van der Waals surface area contributed by atoms with Crippen molar-refractivity contribution >= 4 is 29.6 Å². The highest BCUT2D eigenvalue weighted by molar-refractivity contribution is 6.30. The predicted molar refractivity (Wildman–Crippen MR) is 108 cm³/mol. The zero-order valence-electron chi connectivity index (χ0n) is 15.7. The molecular formula is C21H19ClN2O5. The molecule has 150 valence electrons. The van der Waals surface area contributed by atoms with Crippen molar-refractivity contribution in [1.82, 2.24) is 0 Å². The van der Waals surface area contributed by atoms with E-state index in [1.165, 1.54) is 25.3 Å². The zero-order chi connectivity index (χ0) is 21.2. The number of rotatable bonds is 9. The molecule has 7 nitrogen and oxygen atoms in total. The molecule has 0 aliphatic carbocycles. The van der Waals surface area contributed by atoms with Crippen molar-refractivity contribution in [1.29, 1.82) is 5.26 Å². The number of esters is 1. The summed E-state index contributed by atoms with van der Waals surface area (Å²) in [5, 5.41) is 9.53. The molecule has 0 unspecified atom stereocenters. The first-order valence-electron chi connectivity index (χ1n) is 8.61. The van der Waals surface area contributed by atoms with Crippen molar-refractivity contribution in [2.45, 2.75) is 12.8 Å². The third kappa shape index (κ3) is 6.87. The van der Waals surface area contributed by atoms with Crippen molar-refractivity contribution < 1.29 is 23.8 Å². The molecule has 0 radical (unpaired) electrons. The molecule has 0 heterocycles. The summed E-state index contributed by atoms with van der Waals surface area (Å²) >= 11 is 5.81. The number of benzene rings is 2. The van der Waals surface area contributed by atoms with Gasteiger partial charge in [-0.05, 0) is 54.5 Å². The van der Waals surface area contributed by atoms with Crippen molar-refractivity contribution in [2.24, 2.45) is 5.73 Å². The van der Waals surface area contributed by atoms with Crippen LogP contribution in [0.15, 0.2) is 48.0 Å². The number of nitrogens with zero attached hydrogens (tertiary/aromatic N) is 1. The molecule has 2 aromatic carbocycles. The number of hydrogen-bond donors (Lipinski definition) is 1. The lowest BCUT2D eigenvalue weighted by Gasteiger charge is -2.10. The predicted octanol–water partition coefficient (Wildman–Crippen LogP) is 3.51. The van der Waals surface area contributed by atoms with Gasteiger partial charge >= 0.3 is 5.97 Å². The highest BCUT2D eigenvalue weighted by atomic mass is 35.5. The van der Waals surface area contributed by atoms with Crippen LogP contribution in [0.4, 0.5) is 0 Å². The molecule has 0 fully saturated rings. The Hall–Kier alpha value is -3.50. The Balaban J connectivity index is 1.91. The van der Waals surface area contributed by atoms with Crippen LogP contribution in [0, 0.1) is 11.3 Å². The largest absolute Gasteiger partial charge is 0.494 e. The van der Waals surface area contributed by atoms with Gasteiger partial charge in [-0.3, -0.25) is 9.59 Å². The Morgan fingerprint density at radius 2 is 1.90 bits per heavy atom. The number of hydrogen-bond acceptors (Lipinski definition) is 6. The summed E-state index contributed by atoms with van der Waals surface area (Å²) in [4.78, 5) is 23.2. The van der Waals surface area contributed by atoms with E-state index in [0.29, 0.717) is 29.4 Å². The number of halogens is 1. The van der Waals surface area contributed by atoms with Gasteiger partial charge in [0, 0.05) is 11.4 Å². The lowest BCUT2D eigenvalue weighted by molar-refractivity contribution is -0.134. The fourth-order valence-electron chi connectivity index (χ4n) is 2.29. The summed E-state index contributed by atoms with van der Waals surface area (Å²) in [5.41, 5.74) is 5.43. The van der Waals surface area contributed by atoms with Crippen LogP contribution in [0.25, 0.3) is 6.08 Å². The number of amides is 1. The summed E-state index contributed by atoms with van der Waals surface area (Å²) in [6, 6.07) is 13.3. The molecule has 0 saturated carbocycles. The standard InChI is InChI=1S/C21H19ClN2O5/c1-27-19-12-14(11-15(13-23)21(24)26)4-9-18(19)29-20(25)3-2-10-28-17-7-5-16(22)6-8-17/h4-9,11-12H,2-3,10H2,1H3,(H2,24,26)/b15-11+. The highest BCUT2D eigenvalue weighted by Gasteiger charge is 2.12. The van der Waals surface area contributed by atoms with Crippen molar-refractivity contribution in [3.63, 3.8) is 0 Å². The maximum atomic E-state index is 12.1. The first kappa shape index (κ1) is 21.8. The fraction of sp³-hybridized carbons (Fsp3) is 0.190. The summed E-state index contributed by atoms with van der Waals surface area (Å²) in [6.45, 7) is 0.349. The van der Waals surface area contributed by atoms with Gasteiger partial charge in [-0.2, -0.15) is 5.26 Å². The van der Waals surface area contributed by atoms with E-state index in [2.05, 4.69) is 0 Å². The minimum atomic E-state index is -0.831. The first-order valence-corrected chi connectivity index (χ1v) is 8.99. The van der Waals surface area contributed by atoms with Crippen molar-refractivity contribution in [2.75, 3.05) is 13.7 Å². The van der Waals surface area contributed by atoms with Crippen LogP contribution < -0.4 is 19.9 Å². The third-order valence-corrected chi connectivity index (χ3v) is 3.97. The van der Waals surface area contributed by atoms with Gasteiger partial charge in [0.1, 0.15) is 17.4 Å². The van der Waals surface area contributed by atoms with Crippen molar-refractivity contribution in [3.05, 3.63) is 58.6 Å². The van der Waals surface area contributed by atoms with Crippen LogP contribution in [0.1, 0.15) is 18.4 Å². The van der Waals surface area contributed by atoms with Crippen LogP contribution in [-0.4, -0.2) is 25.6 Å². The maximum absolute atomic E-state index is 12.1. The van der Waals surface area contributed by atoms with E-state index < -0.39 is 11.9 Å². The Kier molecular flexibility index (Phi) is 8.07. The molecule has 8 heteroatoms. The van der Waals surface area contributed by atoms with Crippen LogP contribution in [-0.2, 0) is 9.59 Å². The molecule has 0 aromatic heterocycles. The first-order chi connectivity index (χ1) is 13.9. The lowest BCUT2D eigenvalue weighted by Crippen LogP contribution is -2.12. The molecule has 29 heavy (non-hydrogen) atoms. The fourth-order valence-corrected chi connectivity index (χ4v) is 2.42. The van der Waals surface area contributed by atoms with Gasteiger partial charge in [-0.1, -0.05) is 17.7 Å². The number of methoxy groups -OCH3 is 1. The maximum Gasteiger partial charge on any atom is 0.311 e. The summed E-state index contributed by atoms with van der Waals surface area (Å²) in [6.07, 6.45) is 1.94. The number of carbonyl (C=O) groups is 2. The van der Waals surface area contributed by atoms with Gasteiger partial charge in [-0.15, -0.1) is 0 Å². The molecule has 1 amide bonds. The van der Waals surface area contributed by atoms with E-state index in [9.17, 15) is 9.59 Å². The second kappa shape index (κ2) is 10.7. The van der Waals surface area contributed by atoms with E-state index in [0.717, 1.165) is 0 Å². The zero-order valence-corrected chi connectivity index (χ0v) is 16.4. The van der Waals surface area contributed by atoms with E-state index in [1.54, 1.807) is 36.4 Å². The molecular weight excluding hydrogens is 396 g/mol. The van der Waals surface area contributed by atoms with E-state index >= 15 is 0 Å². The Morgan fingerprint density at radius 3 is 2.52 bits per heavy atom. The topological polar surface area (TPSA) is 112 Å². The molecule has 0 spiro atoms. The Bertz CT molecular complexity index is 949. The monoisotopic (exact) mass is 414 g/mol. The molecule has 0 atom stereocenters. The van der Waals surface area contributed by atoms with Crippen LogP contribution >= 0.6 is 11.6 Å². The minimum Gasteiger partial charge on any atom is -0.494 e. The van der Waals surface area contributed by atoms with Gasteiger partial charge in [-0.25, -0.2) is 0 Å². The molecule has 2 N–H and O–H groups in total. The highest BCUT2D eigenvalue weighted by Crippen LogP contribution is 2.29. The van der Waals surface area contributed by atoms with E-state index in [-0.39, 0.29) is 23.5 Å². The number of nitrogens with two attached hydrogens (primary N) is 1. The smallest absolute Gasteiger partial charge is 0.311 e. The van der Waals surface area contributed by atoms with Gasteiger partial charge < -0.3 is 19.9 Å². The number of primary amides is 1. The molecule has 0 aliphatic rings. The van der Waals surface area contributed by atoms with Crippen LogP contribution in [0.5, 0.6) is 17.2 Å². The SMILES string of the molecule is COc1cc(/C=C(\C#N)C(N)=O)ccc1OC(=O)CCCOc1ccc(Cl)cc1. The molecule has 0 aliphatic heterocycles. The molecule has 2 rings (SSSR count). The average Bonchev–Trinajstić information content (AvgIpc) is 2.71. The van der Waals surface area contributed by atoms with Crippen LogP contribution in [0.2, 0.25) is 5.02 Å². The normalized spacial score (nSPS) is 10.7. The second-order valence-corrected chi connectivity index (χ2v) is 6.26. The van der Waals surface area contributed by atoms with Crippen molar-refractivity contribution in [3.8, 4) is 23.3 Å². The van der Waals surface area contributed by atoms with Gasteiger partial charge in [0.05, 0.1) is 13.7 Å². The Morgan fingerprint density at radius 1 is 1.17 bits per heavy atom. The minimum absolute atomic E-state index is 0.151. The average molecular weight is 415 g/mol. The lowest BCUT2D eigenvalue weighted by atomic mass is 10.1. The molecule has 2 aromatic rings. The molecule has 0 bridgehead atoms. The molecule has 0 saturated heterocycles. The van der Waals surface area contributed by atoms with Gasteiger partial charge in [0.15, 0.2) is 11.5 Å².